The number of aromatic nitrogens is 1. The van der Waals surface area contributed by atoms with Crippen molar-refractivity contribution in [3.8, 4) is 10.4 Å². The maximum atomic E-state index is 13.0. The molecule has 1 fully saturated rings. The molecule has 0 aliphatic carbocycles. The first-order chi connectivity index (χ1) is 11.7. The SMILES string of the molecule is CCN(C1CCS(=O)(=O)C1)S(=O)(=O)c1ccc(-c2c(C)noc2C)s1. The Morgan fingerprint density at radius 1 is 1.36 bits per heavy atom. The second kappa shape index (κ2) is 6.49. The van der Waals surface area contributed by atoms with Crippen LogP contribution < -0.4 is 0 Å². The van der Waals surface area contributed by atoms with Gasteiger partial charge in [-0.2, -0.15) is 4.31 Å². The minimum atomic E-state index is -3.74. The van der Waals surface area contributed by atoms with Gasteiger partial charge in [-0.3, -0.25) is 0 Å². The third kappa shape index (κ3) is 3.40. The van der Waals surface area contributed by atoms with E-state index >= 15 is 0 Å². The van der Waals surface area contributed by atoms with Gasteiger partial charge in [0, 0.05) is 17.5 Å². The smallest absolute Gasteiger partial charge is 0.252 e. The third-order valence-electron chi connectivity index (χ3n) is 4.35. The molecule has 1 aliphatic rings. The Balaban J connectivity index is 1.95. The number of sulfone groups is 1. The molecule has 1 atom stereocenters. The maximum Gasteiger partial charge on any atom is 0.252 e. The van der Waals surface area contributed by atoms with Crippen molar-refractivity contribution in [2.75, 3.05) is 18.1 Å². The molecule has 0 N–H and O–H groups in total. The molecular weight excluding hydrogens is 384 g/mol. The minimum absolute atomic E-state index is 0.0401. The monoisotopic (exact) mass is 404 g/mol. The Morgan fingerprint density at radius 3 is 2.60 bits per heavy atom. The van der Waals surface area contributed by atoms with E-state index in [0.717, 1.165) is 21.8 Å². The van der Waals surface area contributed by atoms with Gasteiger partial charge in [0.1, 0.15) is 9.97 Å². The topological polar surface area (TPSA) is 97.6 Å². The van der Waals surface area contributed by atoms with Gasteiger partial charge in [-0.25, -0.2) is 16.8 Å². The molecule has 0 spiro atoms. The fraction of sp³-hybridized carbons (Fsp3) is 0.533. The van der Waals surface area contributed by atoms with E-state index in [9.17, 15) is 16.8 Å². The molecule has 1 unspecified atom stereocenters. The van der Waals surface area contributed by atoms with Gasteiger partial charge in [-0.15, -0.1) is 11.3 Å². The lowest BCUT2D eigenvalue weighted by Crippen LogP contribution is -2.40. The molecule has 2 aromatic heterocycles. The number of sulfonamides is 1. The van der Waals surface area contributed by atoms with E-state index in [4.69, 9.17) is 4.52 Å². The average Bonchev–Trinajstić information content (AvgIpc) is 3.20. The molecule has 0 aromatic carbocycles. The molecule has 25 heavy (non-hydrogen) atoms. The van der Waals surface area contributed by atoms with Crippen molar-refractivity contribution in [2.24, 2.45) is 0 Å². The lowest BCUT2D eigenvalue weighted by atomic mass is 10.2. The summed E-state index contributed by atoms with van der Waals surface area (Å²) in [6.45, 7) is 5.55. The minimum Gasteiger partial charge on any atom is -0.361 e. The maximum absolute atomic E-state index is 13.0. The number of thiophene rings is 1. The van der Waals surface area contributed by atoms with Gasteiger partial charge in [0.15, 0.2) is 9.84 Å². The van der Waals surface area contributed by atoms with E-state index in [1.165, 1.54) is 4.31 Å². The van der Waals surface area contributed by atoms with Crippen LogP contribution in [0.4, 0.5) is 0 Å². The van der Waals surface area contributed by atoms with Crippen LogP contribution in [-0.4, -0.2) is 50.4 Å². The molecule has 7 nitrogen and oxygen atoms in total. The van der Waals surface area contributed by atoms with Crippen molar-refractivity contribution in [3.63, 3.8) is 0 Å². The zero-order valence-electron chi connectivity index (χ0n) is 14.2. The van der Waals surface area contributed by atoms with Crippen LogP contribution in [0.5, 0.6) is 0 Å². The fourth-order valence-corrected chi connectivity index (χ4v) is 8.24. The highest BCUT2D eigenvalue weighted by Gasteiger charge is 2.38. The van der Waals surface area contributed by atoms with E-state index in [1.807, 2.05) is 6.92 Å². The Morgan fingerprint density at radius 2 is 2.08 bits per heavy atom. The van der Waals surface area contributed by atoms with Crippen LogP contribution in [-0.2, 0) is 19.9 Å². The Hall–Kier alpha value is -1.23. The quantitative estimate of drug-likeness (QED) is 0.758. The zero-order valence-corrected chi connectivity index (χ0v) is 16.7. The summed E-state index contributed by atoms with van der Waals surface area (Å²) < 4.78 is 56.1. The molecule has 3 heterocycles. The summed E-state index contributed by atoms with van der Waals surface area (Å²) in [5.74, 6) is 0.568. The first kappa shape index (κ1) is 18.6. The number of hydrogen-bond acceptors (Lipinski definition) is 7. The normalized spacial score (nSPS) is 20.4. The summed E-state index contributed by atoms with van der Waals surface area (Å²) in [5.41, 5.74) is 1.51. The average molecular weight is 405 g/mol. The lowest BCUT2D eigenvalue weighted by Gasteiger charge is -2.25. The molecule has 138 valence electrons. The summed E-state index contributed by atoms with van der Waals surface area (Å²) >= 11 is 1.15. The highest BCUT2D eigenvalue weighted by molar-refractivity contribution is 7.92. The van der Waals surface area contributed by atoms with Gasteiger partial charge in [0.05, 0.1) is 22.8 Å². The summed E-state index contributed by atoms with van der Waals surface area (Å²) in [7, 11) is -6.90. The van der Waals surface area contributed by atoms with Crippen molar-refractivity contribution in [1.29, 1.82) is 0 Å². The number of nitrogens with zero attached hydrogens (tertiary/aromatic N) is 2. The van der Waals surface area contributed by atoms with Crippen LogP contribution in [0.2, 0.25) is 0 Å². The van der Waals surface area contributed by atoms with E-state index < -0.39 is 25.9 Å². The van der Waals surface area contributed by atoms with E-state index in [-0.39, 0.29) is 22.3 Å². The molecular formula is C15H20N2O5S3. The molecule has 10 heteroatoms. The summed E-state index contributed by atoms with van der Waals surface area (Å²) in [5, 5.41) is 3.90. The Bertz CT molecular complexity index is 969. The molecule has 1 aliphatic heterocycles. The summed E-state index contributed by atoms with van der Waals surface area (Å²) in [6, 6.07) is 2.81. The van der Waals surface area contributed by atoms with Crippen LogP contribution in [0.25, 0.3) is 10.4 Å². The molecule has 0 radical (unpaired) electrons. The van der Waals surface area contributed by atoms with Crippen LogP contribution >= 0.6 is 11.3 Å². The summed E-state index contributed by atoms with van der Waals surface area (Å²) in [4.78, 5) is 0.768. The van der Waals surface area contributed by atoms with Crippen molar-refractivity contribution >= 4 is 31.2 Å². The van der Waals surface area contributed by atoms with E-state index in [1.54, 1.807) is 26.0 Å². The zero-order chi connectivity index (χ0) is 18.4. The Kier molecular flexibility index (Phi) is 4.82. The second-order valence-electron chi connectivity index (χ2n) is 6.08. The van der Waals surface area contributed by atoms with Crippen LogP contribution in [0.1, 0.15) is 24.8 Å². The van der Waals surface area contributed by atoms with Crippen LogP contribution in [0.3, 0.4) is 0 Å². The predicted octanol–water partition coefficient (Wildman–Crippen LogP) is 2.22. The lowest BCUT2D eigenvalue weighted by molar-refractivity contribution is 0.355. The van der Waals surface area contributed by atoms with Crippen molar-refractivity contribution in [3.05, 3.63) is 23.6 Å². The van der Waals surface area contributed by atoms with Gasteiger partial charge >= 0.3 is 0 Å². The first-order valence-electron chi connectivity index (χ1n) is 7.91. The fourth-order valence-electron chi connectivity index (χ4n) is 3.17. The second-order valence-corrected chi connectivity index (χ2v) is 11.5. The van der Waals surface area contributed by atoms with Crippen LogP contribution in [0, 0.1) is 13.8 Å². The Labute approximate surface area is 151 Å². The summed E-state index contributed by atoms with van der Waals surface area (Å²) in [6.07, 6.45) is 0.345. The van der Waals surface area contributed by atoms with Gasteiger partial charge in [-0.1, -0.05) is 12.1 Å². The van der Waals surface area contributed by atoms with Gasteiger partial charge in [0.2, 0.25) is 0 Å². The van der Waals surface area contributed by atoms with E-state index in [0.29, 0.717) is 17.9 Å². The highest BCUT2D eigenvalue weighted by Crippen LogP contribution is 2.36. The molecule has 2 aromatic rings. The molecule has 0 bridgehead atoms. The molecule has 3 rings (SSSR count). The first-order valence-corrected chi connectivity index (χ1v) is 12.0. The van der Waals surface area contributed by atoms with Gasteiger partial charge in [-0.05, 0) is 32.4 Å². The van der Waals surface area contributed by atoms with Crippen LogP contribution in [0.15, 0.2) is 20.9 Å². The van der Waals surface area contributed by atoms with Crippen molar-refractivity contribution in [1.82, 2.24) is 9.46 Å². The van der Waals surface area contributed by atoms with E-state index in [2.05, 4.69) is 5.16 Å². The highest BCUT2D eigenvalue weighted by atomic mass is 32.2. The van der Waals surface area contributed by atoms with Gasteiger partial charge < -0.3 is 4.52 Å². The predicted molar refractivity (Wildman–Crippen MR) is 95.9 cm³/mol. The number of aryl methyl sites for hydroxylation is 2. The number of rotatable bonds is 5. The van der Waals surface area contributed by atoms with Crippen molar-refractivity contribution in [2.45, 2.75) is 37.4 Å². The van der Waals surface area contributed by atoms with Gasteiger partial charge in [0.25, 0.3) is 10.0 Å². The third-order valence-corrected chi connectivity index (χ3v) is 9.70. The molecule has 1 saturated heterocycles. The van der Waals surface area contributed by atoms with Crippen molar-refractivity contribution < 1.29 is 21.4 Å². The molecule has 0 amide bonds. The number of hydrogen-bond donors (Lipinski definition) is 0. The molecule has 0 saturated carbocycles. The standard InChI is InChI=1S/C15H20N2O5S3/c1-4-17(12-7-8-24(18,19)9-12)25(20,21)14-6-5-13(23-14)15-10(2)16-22-11(15)3/h5-6,12H,4,7-9H2,1-3H3. The largest absolute Gasteiger partial charge is 0.361 e.